The predicted octanol–water partition coefficient (Wildman–Crippen LogP) is 2.91. The highest BCUT2D eigenvalue weighted by atomic mass is 16.1. The van der Waals surface area contributed by atoms with Gasteiger partial charge in [-0.2, -0.15) is 0 Å². The van der Waals surface area contributed by atoms with E-state index < -0.39 is 0 Å². The molecule has 0 bridgehead atoms. The van der Waals surface area contributed by atoms with Gasteiger partial charge < -0.3 is 0 Å². The van der Waals surface area contributed by atoms with Crippen LogP contribution >= 0.6 is 0 Å². The van der Waals surface area contributed by atoms with Gasteiger partial charge in [0.2, 0.25) is 0 Å². The molecule has 2 rings (SSSR count). The second kappa shape index (κ2) is 4.24. The van der Waals surface area contributed by atoms with Crippen molar-refractivity contribution in [2.45, 2.75) is 33.6 Å². The molecule has 0 fully saturated rings. The van der Waals surface area contributed by atoms with Crippen molar-refractivity contribution >= 4 is 0 Å². The van der Waals surface area contributed by atoms with E-state index in [-0.39, 0.29) is 5.56 Å². The average molecular weight is 230 g/mol. The normalized spacial score (nSPS) is 11.1. The third kappa shape index (κ3) is 2.18. The van der Waals surface area contributed by atoms with Gasteiger partial charge in [-0.15, -0.1) is 0 Å². The molecule has 3 heteroatoms. The van der Waals surface area contributed by atoms with Gasteiger partial charge in [0.25, 0.3) is 5.56 Å². The number of benzene rings is 1. The molecular formula is C14H18N2O. The van der Waals surface area contributed by atoms with Crippen LogP contribution in [0.25, 0.3) is 5.69 Å². The number of hydrogen-bond acceptors (Lipinski definition) is 1. The van der Waals surface area contributed by atoms with Crippen LogP contribution in [0.15, 0.2) is 29.1 Å². The van der Waals surface area contributed by atoms with Gasteiger partial charge in [0.1, 0.15) is 0 Å². The number of rotatable bonds is 2. The molecule has 0 aliphatic heterocycles. The molecule has 0 saturated carbocycles. The minimum absolute atomic E-state index is 0.000605. The Bertz CT molecular complexity index is 591. The van der Waals surface area contributed by atoms with Crippen molar-refractivity contribution in [2.75, 3.05) is 0 Å². The van der Waals surface area contributed by atoms with Crippen LogP contribution in [0.4, 0.5) is 0 Å². The van der Waals surface area contributed by atoms with Gasteiger partial charge in [0.05, 0.1) is 5.69 Å². The first kappa shape index (κ1) is 11.7. The molecule has 0 atom stereocenters. The van der Waals surface area contributed by atoms with E-state index in [2.05, 4.69) is 25.0 Å². The molecule has 0 unspecified atom stereocenters. The van der Waals surface area contributed by atoms with Gasteiger partial charge in [-0.25, -0.2) is 4.68 Å². The number of nitrogens with zero attached hydrogens (tertiary/aromatic N) is 1. The Kier molecular flexibility index (Phi) is 2.92. The van der Waals surface area contributed by atoms with E-state index in [1.165, 1.54) is 5.56 Å². The van der Waals surface area contributed by atoms with Crippen molar-refractivity contribution in [1.29, 1.82) is 0 Å². The van der Waals surface area contributed by atoms with Crippen LogP contribution < -0.4 is 5.56 Å². The Morgan fingerprint density at radius 2 is 1.88 bits per heavy atom. The quantitative estimate of drug-likeness (QED) is 0.846. The Morgan fingerprint density at radius 1 is 1.18 bits per heavy atom. The van der Waals surface area contributed by atoms with E-state index in [0.717, 1.165) is 16.9 Å². The van der Waals surface area contributed by atoms with Crippen molar-refractivity contribution in [1.82, 2.24) is 9.78 Å². The lowest BCUT2D eigenvalue weighted by Crippen LogP contribution is -2.14. The van der Waals surface area contributed by atoms with Crippen molar-refractivity contribution in [3.8, 4) is 5.69 Å². The standard InChI is InChI=1S/C14H18N2O/c1-9(2)12-8-14(17)16(15-12)13-6-5-10(3)7-11(13)4/h5-9,15H,1-4H3. The summed E-state index contributed by atoms with van der Waals surface area (Å²) in [6.07, 6.45) is 0. The summed E-state index contributed by atoms with van der Waals surface area (Å²) in [5, 5.41) is 3.16. The number of aryl methyl sites for hydroxylation is 2. The molecule has 1 heterocycles. The maximum Gasteiger partial charge on any atom is 0.271 e. The summed E-state index contributed by atoms with van der Waals surface area (Å²) >= 11 is 0. The fourth-order valence-corrected chi connectivity index (χ4v) is 1.95. The van der Waals surface area contributed by atoms with E-state index in [1.54, 1.807) is 10.7 Å². The largest absolute Gasteiger partial charge is 0.295 e. The first-order valence-corrected chi connectivity index (χ1v) is 5.88. The summed E-state index contributed by atoms with van der Waals surface area (Å²) in [6, 6.07) is 7.75. The maximum absolute atomic E-state index is 11.9. The smallest absolute Gasteiger partial charge is 0.271 e. The molecule has 90 valence electrons. The van der Waals surface area contributed by atoms with Gasteiger partial charge >= 0.3 is 0 Å². The molecule has 1 aromatic carbocycles. The molecular weight excluding hydrogens is 212 g/mol. The summed E-state index contributed by atoms with van der Waals surface area (Å²) < 4.78 is 1.62. The zero-order valence-corrected chi connectivity index (χ0v) is 10.7. The zero-order valence-electron chi connectivity index (χ0n) is 10.7. The fraction of sp³-hybridized carbons (Fsp3) is 0.357. The van der Waals surface area contributed by atoms with E-state index in [1.807, 2.05) is 26.0 Å². The van der Waals surface area contributed by atoms with Crippen molar-refractivity contribution < 1.29 is 0 Å². The van der Waals surface area contributed by atoms with Crippen LogP contribution in [-0.4, -0.2) is 9.78 Å². The monoisotopic (exact) mass is 230 g/mol. The summed E-state index contributed by atoms with van der Waals surface area (Å²) in [5.74, 6) is 0.328. The Morgan fingerprint density at radius 3 is 2.41 bits per heavy atom. The van der Waals surface area contributed by atoms with E-state index in [0.29, 0.717) is 5.92 Å². The number of aromatic nitrogens is 2. The first-order chi connectivity index (χ1) is 7.99. The fourth-order valence-electron chi connectivity index (χ4n) is 1.95. The molecule has 17 heavy (non-hydrogen) atoms. The number of H-pyrrole nitrogens is 1. The van der Waals surface area contributed by atoms with Gasteiger partial charge in [-0.1, -0.05) is 31.5 Å². The molecule has 0 spiro atoms. The minimum atomic E-state index is 0.000605. The summed E-state index contributed by atoms with van der Waals surface area (Å²) in [7, 11) is 0. The second-order valence-corrected chi connectivity index (χ2v) is 4.83. The SMILES string of the molecule is Cc1ccc(-n2[nH]c(C(C)C)cc2=O)c(C)c1. The lowest BCUT2D eigenvalue weighted by atomic mass is 10.1. The Hall–Kier alpha value is -1.77. The van der Waals surface area contributed by atoms with E-state index in [4.69, 9.17) is 0 Å². The third-order valence-electron chi connectivity index (χ3n) is 2.96. The highest BCUT2D eigenvalue weighted by Crippen LogP contribution is 2.15. The first-order valence-electron chi connectivity index (χ1n) is 5.88. The van der Waals surface area contributed by atoms with Crippen LogP contribution in [0.5, 0.6) is 0 Å². The van der Waals surface area contributed by atoms with Crippen LogP contribution in [-0.2, 0) is 0 Å². The molecule has 1 N–H and O–H groups in total. The Labute approximate surface area is 101 Å². The molecule has 1 aromatic heterocycles. The number of aromatic amines is 1. The van der Waals surface area contributed by atoms with Crippen LogP contribution in [0.3, 0.4) is 0 Å². The molecule has 0 amide bonds. The topological polar surface area (TPSA) is 37.8 Å². The molecule has 0 saturated heterocycles. The highest BCUT2D eigenvalue weighted by Gasteiger charge is 2.09. The highest BCUT2D eigenvalue weighted by molar-refractivity contribution is 5.42. The third-order valence-corrected chi connectivity index (χ3v) is 2.96. The van der Waals surface area contributed by atoms with Gasteiger partial charge in [0.15, 0.2) is 0 Å². The molecule has 0 aliphatic rings. The van der Waals surface area contributed by atoms with Crippen LogP contribution in [0, 0.1) is 13.8 Å². The Balaban J connectivity index is 2.57. The molecule has 3 nitrogen and oxygen atoms in total. The second-order valence-electron chi connectivity index (χ2n) is 4.83. The maximum atomic E-state index is 11.9. The van der Waals surface area contributed by atoms with Crippen molar-refractivity contribution in [2.24, 2.45) is 0 Å². The molecule has 0 aliphatic carbocycles. The number of hydrogen-bond donors (Lipinski definition) is 1. The molecule has 0 radical (unpaired) electrons. The minimum Gasteiger partial charge on any atom is -0.295 e. The number of nitrogens with one attached hydrogen (secondary N) is 1. The summed E-state index contributed by atoms with van der Waals surface area (Å²) in [5.41, 5.74) is 4.20. The van der Waals surface area contributed by atoms with Gasteiger partial charge in [-0.05, 0) is 31.4 Å². The van der Waals surface area contributed by atoms with Gasteiger partial charge in [-0.3, -0.25) is 9.89 Å². The predicted molar refractivity (Wildman–Crippen MR) is 70.0 cm³/mol. The van der Waals surface area contributed by atoms with Crippen LogP contribution in [0.1, 0.15) is 36.6 Å². The van der Waals surface area contributed by atoms with Crippen molar-refractivity contribution in [3.63, 3.8) is 0 Å². The molecule has 2 aromatic rings. The lowest BCUT2D eigenvalue weighted by molar-refractivity contribution is 0.758. The van der Waals surface area contributed by atoms with Crippen molar-refractivity contribution in [3.05, 3.63) is 51.4 Å². The average Bonchev–Trinajstić information content (AvgIpc) is 2.61. The van der Waals surface area contributed by atoms with E-state index >= 15 is 0 Å². The zero-order chi connectivity index (χ0) is 12.6. The summed E-state index contributed by atoms with van der Waals surface area (Å²) in [4.78, 5) is 11.9. The summed E-state index contributed by atoms with van der Waals surface area (Å²) in [6.45, 7) is 8.20. The van der Waals surface area contributed by atoms with E-state index in [9.17, 15) is 4.79 Å². The van der Waals surface area contributed by atoms with Gasteiger partial charge in [0, 0.05) is 11.8 Å². The lowest BCUT2D eigenvalue weighted by Gasteiger charge is -2.07. The van der Waals surface area contributed by atoms with Crippen LogP contribution in [0.2, 0.25) is 0 Å².